The van der Waals surface area contributed by atoms with Crippen LogP contribution in [-0.4, -0.2) is 40.7 Å². The molecule has 1 aliphatic heterocycles. The molecular weight excluding hydrogens is 315 g/mol. The van der Waals surface area contributed by atoms with Crippen LogP contribution in [0.5, 0.6) is 0 Å². The summed E-state index contributed by atoms with van der Waals surface area (Å²) in [4.78, 5) is 26.8. The highest BCUT2D eigenvalue weighted by molar-refractivity contribution is 7.58. The lowest BCUT2D eigenvalue weighted by Crippen LogP contribution is -2.32. The first-order chi connectivity index (χ1) is 10.7. The second-order valence-corrected chi connectivity index (χ2v) is 8.28. The summed E-state index contributed by atoms with van der Waals surface area (Å²) >= 11 is 0. The van der Waals surface area contributed by atoms with Crippen LogP contribution >= 0.6 is 7.92 Å². The van der Waals surface area contributed by atoms with Crippen molar-refractivity contribution >= 4 is 25.3 Å². The van der Waals surface area contributed by atoms with Gasteiger partial charge in [0.2, 0.25) is 0 Å². The fourth-order valence-electron chi connectivity index (χ4n) is 3.16. The number of hydrogen-bond donors (Lipinski definition) is 1. The first-order valence-corrected chi connectivity index (χ1v) is 9.44. The van der Waals surface area contributed by atoms with Gasteiger partial charge in [-0.15, -0.1) is 7.92 Å². The first-order valence-electron chi connectivity index (χ1n) is 7.14. The second-order valence-electron chi connectivity index (χ2n) is 5.80. The van der Waals surface area contributed by atoms with Crippen LogP contribution in [0.4, 0.5) is 5.69 Å². The highest BCUT2D eigenvalue weighted by atomic mass is 31.1. The van der Waals surface area contributed by atoms with Gasteiger partial charge in [-0.3, -0.25) is 15.1 Å². The number of nitro groups is 1. The molecule has 0 bridgehead atoms. The van der Waals surface area contributed by atoms with Crippen LogP contribution < -0.4 is 0 Å². The van der Waals surface area contributed by atoms with Crippen molar-refractivity contribution in [2.75, 3.05) is 13.3 Å². The fourth-order valence-corrected chi connectivity index (χ4v) is 4.88. The molecule has 1 aliphatic rings. The maximum absolute atomic E-state index is 11.8. The number of nitrogens with zero attached hydrogens (tertiary/aromatic N) is 2. The lowest BCUT2D eigenvalue weighted by Gasteiger charge is -2.35. The monoisotopic (exact) mass is 334 g/mol. The van der Waals surface area contributed by atoms with E-state index in [9.17, 15) is 20.0 Å². The molecule has 122 valence electrons. The Morgan fingerprint density at radius 1 is 1.35 bits per heavy atom. The van der Waals surface area contributed by atoms with Crippen LogP contribution in [0.25, 0.3) is 0 Å². The van der Waals surface area contributed by atoms with Crippen LogP contribution in [0.15, 0.2) is 40.5 Å². The van der Waals surface area contributed by atoms with Gasteiger partial charge in [-0.2, -0.15) is 0 Å². The third-order valence-electron chi connectivity index (χ3n) is 4.02. The van der Waals surface area contributed by atoms with Gasteiger partial charge in [0.1, 0.15) is 0 Å². The number of aliphatic imine (C=N–C) groups is 1. The molecule has 23 heavy (non-hydrogen) atoms. The van der Waals surface area contributed by atoms with Gasteiger partial charge >= 0.3 is 5.97 Å². The fraction of sp³-hybridized carbons (Fsp3) is 0.375. The van der Waals surface area contributed by atoms with Gasteiger partial charge in [0.15, 0.2) is 0 Å². The van der Waals surface area contributed by atoms with Crippen molar-refractivity contribution < 1.29 is 14.8 Å². The second kappa shape index (κ2) is 6.59. The van der Waals surface area contributed by atoms with Crippen molar-refractivity contribution in [1.82, 2.24) is 0 Å². The summed E-state index contributed by atoms with van der Waals surface area (Å²) in [5, 5.41) is 20.7. The van der Waals surface area contributed by atoms with Crippen molar-refractivity contribution in [2.45, 2.75) is 25.4 Å². The zero-order chi connectivity index (χ0) is 17.3. The van der Waals surface area contributed by atoms with E-state index in [1.165, 1.54) is 12.1 Å². The van der Waals surface area contributed by atoms with Gasteiger partial charge in [-0.25, -0.2) is 4.79 Å². The van der Waals surface area contributed by atoms with Gasteiger partial charge in [0.05, 0.1) is 10.5 Å². The maximum Gasteiger partial charge on any atom is 0.334 e. The van der Waals surface area contributed by atoms with Crippen LogP contribution in [0.2, 0.25) is 0 Å². The summed E-state index contributed by atoms with van der Waals surface area (Å²) < 4.78 is 0. The summed E-state index contributed by atoms with van der Waals surface area (Å²) in [6, 6.07) is 6.26. The van der Waals surface area contributed by atoms with E-state index in [1.807, 2.05) is 6.92 Å². The molecule has 0 fully saturated rings. The normalized spacial score (nSPS) is 21.3. The SMILES string of the molecule is CC1=NC(C)=C(C(=O)O)C(c2cccc([N+](=O)[O-])c2)C1P(C)C. The average molecular weight is 334 g/mol. The van der Waals surface area contributed by atoms with E-state index in [0.29, 0.717) is 11.3 Å². The molecular formula is C16H19N2O4P. The smallest absolute Gasteiger partial charge is 0.334 e. The molecule has 1 N–H and O–H groups in total. The molecule has 0 radical (unpaired) electrons. The number of rotatable bonds is 4. The minimum absolute atomic E-state index is 0.0275. The van der Waals surface area contributed by atoms with Crippen LogP contribution in [0.1, 0.15) is 25.3 Å². The van der Waals surface area contributed by atoms with E-state index in [4.69, 9.17) is 0 Å². The van der Waals surface area contributed by atoms with Crippen molar-refractivity contribution in [2.24, 2.45) is 4.99 Å². The molecule has 2 rings (SSSR count). The van der Waals surface area contributed by atoms with E-state index in [1.54, 1.807) is 19.1 Å². The van der Waals surface area contributed by atoms with Gasteiger partial charge in [-0.1, -0.05) is 12.1 Å². The molecule has 0 aliphatic carbocycles. The molecule has 2 atom stereocenters. The Bertz CT molecular complexity index is 725. The van der Waals surface area contributed by atoms with Gasteiger partial charge in [0, 0.05) is 35.1 Å². The van der Waals surface area contributed by atoms with E-state index in [0.717, 1.165) is 5.71 Å². The van der Waals surface area contributed by atoms with E-state index in [-0.39, 0.29) is 16.9 Å². The number of carboxylic acids is 1. The molecule has 1 heterocycles. The number of carbonyl (C=O) groups is 1. The number of nitro benzene ring substituents is 1. The number of carboxylic acid groups (broad SMARTS) is 1. The predicted octanol–water partition coefficient (Wildman–Crippen LogP) is 3.62. The minimum Gasteiger partial charge on any atom is -0.478 e. The Morgan fingerprint density at radius 2 is 2.00 bits per heavy atom. The third kappa shape index (κ3) is 3.32. The zero-order valence-electron chi connectivity index (χ0n) is 13.5. The van der Waals surface area contributed by atoms with E-state index >= 15 is 0 Å². The highest BCUT2D eigenvalue weighted by Crippen LogP contribution is 2.49. The third-order valence-corrected chi connectivity index (χ3v) is 5.80. The maximum atomic E-state index is 11.8. The minimum atomic E-state index is -1.02. The van der Waals surface area contributed by atoms with Gasteiger partial charge in [-0.05, 0) is 32.7 Å². The van der Waals surface area contributed by atoms with Crippen molar-refractivity contribution in [1.29, 1.82) is 0 Å². The van der Waals surface area contributed by atoms with Crippen molar-refractivity contribution in [3.05, 3.63) is 51.2 Å². The lowest BCUT2D eigenvalue weighted by atomic mass is 9.83. The number of hydrogen-bond acceptors (Lipinski definition) is 4. The molecule has 0 saturated heterocycles. The highest BCUT2D eigenvalue weighted by Gasteiger charge is 2.38. The van der Waals surface area contributed by atoms with Crippen LogP contribution in [-0.2, 0) is 4.79 Å². The van der Waals surface area contributed by atoms with Gasteiger partial charge in [0.25, 0.3) is 5.69 Å². The number of benzene rings is 1. The van der Waals surface area contributed by atoms with Gasteiger partial charge < -0.3 is 5.11 Å². The number of non-ortho nitro benzene ring substituents is 1. The Hall–Kier alpha value is -2.07. The molecule has 1 aromatic rings. The van der Waals surface area contributed by atoms with E-state index in [2.05, 4.69) is 18.3 Å². The first kappa shape index (κ1) is 17.3. The topological polar surface area (TPSA) is 92.8 Å². The standard InChI is InChI=1S/C16H19N2O4P/c1-9-13(16(19)20)14(15(23(3)4)10(2)17-9)11-6-5-7-12(8-11)18(21)22/h5-8,14-15H,1-4H3,(H,19,20). The molecule has 0 saturated carbocycles. The quantitative estimate of drug-likeness (QED) is 0.517. The Kier molecular flexibility index (Phi) is 4.95. The van der Waals surface area contributed by atoms with E-state index < -0.39 is 24.7 Å². The number of allylic oxidation sites excluding steroid dienone is 1. The molecule has 7 heteroatoms. The Morgan fingerprint density at radius 3 is 2.52 bits per heavy atom. The Labute approximate surface area is 135 Å². The predicted molar refractivity (Wildman–Crippen MR) is 91.8 cm³/mol. The molecule has 1 aromatic carbocycles. The van der Waals surface area contributed by atoms with Crippen LogP contribution in [0.3, 0.4) is 0 Å². The summed E-state index contributed by atoms with van der Waals surface area (Å²) in [5.74, 6) is -1.43. The number of aliphatic carboxylic acids is 1. The molecule has 0 spiro atoms. The zero-order valence-corrected chi connectivity index (χ0v) is 14.4. The van der Waals surface area contributed by atoms with Crippen molar-refractivity contribution in [3.63, 3.8) is 0 Å². The van der Waals surface area contributed by atoms with Crippen molar-refractivity contribution in [3.8, 4) is 0 Å². The molecule has 6 nitrogen and oxygen atoms in total. The Balaban J connectivity index is 2.67. The molecule has 0 aromatic heterocycles. The summed E-state index contributed by atoms with van der Waals surface area (Å²) in [6.07, 6.45) is 0. The molecule has 0 amide bonds. The largest absolute Gasteiger partial charge is 0.478 e. The lowest BCUT2D eigenvalue weighted by molar-refractivity contribution is -0.384. The summed E-state index contributed by atoms with van der Waals surface area (Å²) in [7, 11) is -0.514. The van der Waals surface area contributed by atoms with Crippen LogP contribution in [0, 0.1) is 10.1 Å². The summed E-state index contributed by atoms with van der Waals surface area (Å²) in [5.41, 5.74) is 2.19. The average Bonchev–Trinajstić information content (AvgIpc) is 2.45. The summed E-state index contributed by atoms with van der Waals surface area (Å²) in [6.45, 7) is 7.73. The molecule has 2 unspecified atom stereocenters.